The van der Waals surface area contributed by atoms with Crippen molar-refractivity contribution >= 4 is 21.8 Å². The minimum absolute atomic E-state index is 0.0688. The second-order valence-corrected chi connectivity index (χ2v) is 4.77. The Hall–Kier alpha value is -1.13. The number of nitrogens with two attached hydrogens (primary N) is 1. The molecule has 1 unspecified atom stereocenters. The maximum absolute atomic E-state index is 11.9. The van der Waals surface area contributed by atoms with Gasteiger partial charge in [-0.3, -0.25) is 4.79 Å². The fourth-order valence-electron chi connectivity index (χ4n) is 1.52. The minimum Gasteiger partial charge on any atom is -0.340 e. The topological polar surface area (TPSA) is 46.3 Å². The molecule has 0 bridgehead atoms. The largest absolute Gasteiger partial charge is 0.340 e. The molecule has 0 spiro atoms. The third-order valence-corrected chi connectivity index (χ3v) is 3.25. The van der Waals surface area contributed by atoms with E-state index >= 15 is 0 Å². The minimum atomic E-state index is -0.500. The van der Waals surface area contributed by atoms with Crippen LogP contribution in [0.3, 0.4) is 0 Å². The van der Waals surface area contributed by atoms with Crippen molar-refractivity contribution in [2.24, 2.45) is 5.73 Å². The predicted octanol–water partition coefficient (Wildman–Crippen LogP) is 2.31. The number of amides is 1. The molecule has 92 valence electrons. The highest BCUT2D eigenvalue weighted by Crippen LogP contribution is 2.17. The first kappa shape index (κ1) is 13.9. The lowest BCUT2D eigenvalue weighted by Gasteiger charge is -2.21. The molecule has 0 fully saturated rings. The van der Waals surface area contributed by atoms with Gasteiger partial charge in [0.15, 0.2) is 0 Å². The molecule has 1 atom stereocenters. The SMILES string of the molecule is C=CCC(N)C(=O)N(C)Cc1ccccc1Br. The van der Waals surface area contributed by atoms with E-state index < -0.39 is 6.04 Å². The first-order valence-electron chi connectivity index (χ1n) is 5.41. The summed E-state index contributed by atoms with van der Waals surface area (Å²) >= 11 is 3.46. The van der Waals surface area contributed by atoms with E-state index in [-0.39, 0.29) is 5.91 Å². The Labute approximate surface area is 110 Å². The highest BCUT2D eigenvalue weighted by molar-refractivity contribution is 9.10. The van der Waals surface area contributed by atoms with E-state index in [1.807, 2.05) is 24.3 Å². The summed E-state index contributed by atoms with van der Waals surface area (Å²) in [6.45, 7) is 4.13. The van der Waals surface area contributed by atoms with Crippen LogP contribution < -0.4 is 5.73 Å². The number of carbonyl (C=O) groups excluding carboxylic acids is 1. The van der Waals surface area contributed by atoms with Gasteiger partial charge in [0.2, 0.25) is 5.91 Å². The van der Waals surface area contributed by atoms with Gasteiger partial charge in [0.1, 0.15) is 0 Å². The van der Waals surface area contributed by atoms with E-state index in [4.69, 9.17) is 5.73 Å². The average Bonchev–Trinajstić information content (AvgIpc) is 2.31. The lowest BCUT2D eigenvalue weighted by molar-refractivity contribution is -0.131. The molecule has 0 heterocycles. The zero-order valence-electron chi connectivity index (χ0n) is 9.90. The van der Waals surface area contributed by atoms with Gasteiger partial charge in [-0.05, 0) is 18.1 Å². The molecule has 0 aliphatic carbocycles. The Morgan fingerprint density at radius 2 is 2.24 bits per heavy atom. The molecule has 17 heavy (non-hydrogen) atoms. The van der Waals surface area contributed by atoms with Gasteiger partial charge in [0.05, 0.1) is 6.04 Å². The molecule has 0 radical (unpaired) electrons. The van der Waals surface area contributed by atoms with E-state index in [1.165, 1.54) is 0 Å². The molecule has 0 aliphatic rings. The summed E-state index contributed by atoms with van der Waals surface area (Å²) in [5, 5.41) is 0. The van der Waals surface area contributed by atoms with Gasteiger partial charge >= 0.3 is 0 Å². The van der Waals surface area contributed by atoms with Crippen molar-refractivity contribution in [1.82, 2.24) is 4.90 Å². The molecule has 0 saturated heterocycles. The van der Waals surface area contributed by atoms with Crippen molar-refractivity contribution in [3.05, 3.63) is 47.0 Å². The van der Waals surface area contributed by atoms with Crippen LogP contribution in [-0.2, 0) is 11.3 Å². The van der Waals surface area contributed by atoms with Crippen molar-refractivity contribution < 1.29 is 4.79 Å². The summed E-state index contributed by atoms with van der Waals surface area (Å²) in [5.74, 6) is -0.0688. The molecule has 4 heteroatoms. The summed E-state index contributed by atoms with van der Waals surface area (Å²) in [6, 6.07) is 7.32. The Morgan fingerprint density at radius 1 is 1.59 bits per heavy atom. The molecule has 0 aliphatic heterocycles. The van der Waals surface area contributed by atoms with Gasteiger partial charge in [-0.15, -0.1) is 6.58 Å². The first-order chi connectivity index (χ1) is 8.06. The van der Waals surface area contributed by atoms with Crippen LogP contribution in [0.25, 0.3) is 0 Å². The molecular weight excluding hydrogens is 280 g/mol. The van der Waals surface area contributed by atoms with E-state index in [0.29, 0.717) is 13.0 Å². The highest BCUT2D eigenvalue weighted by Gasteiger charge is 2.17. The summed E-state index contributed by atoms with van der Waals surface area (Å²) in [4.78, 5) is 13.5. The van der Waals surface area contributed by atoms with Gasteiger partial charge in [-0.25, -0.2) is 0 Å². The van der Waals surface area contributed by atoms with Gasteiger partial charge < -0.3 is 10.6 Å². The van der Waals surface area contributed by atoms with E-state index in [0.717, 1.165) is 10.0 Å². The molecule has 0 saturated carbocycles. The van der Waals surface area contributed by atoms with Gasteiger partial charge in [-0.1, -0.05) is 40.2 Å². The standard InChI is InChI=1S/C13H17BrN2O/c1-3-6-12(15)13(17)16(2)9-10-7-4-5-8-11(10)14/h3-5,7-8,12H,1,6,9,15H2,2H3. The van der Waals surface area contributed by atoms with Gasteiger partial charge in [0, 0.05) is 18.1 Å². The number of rotatable bonds is 5. The van der Waals surface area contributed by atoms with Crippen molar-refractivity contribution in [3.8, 4) is 0 Å². The summed E-state index contributed by atoms with van der Waals surface area (Å²) in [5.41, 5.74) is 6.81. The lowest BCUT2D eigenvalue weighted by atomic mass is 10.1. The van der Waals surface area contributed by atoms with Crippen molar-refractivity contribution in [2.45, 2.75) is 19.0 Å². The quantitative estimate of drug-likeness (QED) is 0.848. The number of carbonyl (C=O) groups is 1. The van der Waals surface area contributed by atoms with Gasteiger partial charge in [0.25, 0.3) is 0 Å². The Morgan fingerprint density at radius 3 is 2.82 bits per heavy atom. The molecule has 0 aromatic heterocycles. The van der Waals surface area contributed by atoms with E-state index in [9.17, 15) is 4.79 Å². The van der Waals surface area contributed by atoms with Gasteiger partial charge in [-0.2, -0.15) is 0 Å². The number of halogens is 1. The zero-order chi connectivity index (χ0) is 12.8. The van der Waals surface area contributed by atoms with Crippen LogP contribution >= 0.6 is 15.9 Å². The van der Waals surface area contributed by atoms with Crippen LogP contribution in [0, 0.1) is 0 Å². The summed E-state index contributed by atoms with van der Waals surface area (Å²) in [6.07, 6.45) is 2.16. The Bertz CT molecular complexity index is 406. The Kier molecular flexibility index (Phi) is 5.38. The maximum atomic E-state index is 11.9. The van der Waals surface area contributed by atoms with Crippen LogP contribution in [0.4, 0.5) is 0 Å². The highest BCUT2D eigenvalue weighted by atomic mass is 79.9. The molecule has 1 aromatic rings. The van der Waals surface area contributed by atoms with Crippen LogP contribution in [-0.4, -0.2) is 23.9 Å². The van der Waals surface area contributed by atoms with Crippen LogP contribution in [0.5, 0.6) is 0 Å². The molecule has 1 rings (SSSR count). The normalized spacial score (nSPS) is 11.9. The summed E-state index contributed by atoms with van der Waals surface area (Å²) < 4.78 is 0.997. The predicted molar refractivity (Wildman–Crippen MR) is 73.4 cm³/mol. The van der Waals surface area contributed by atoms with Crippen LogP contribution in [0.1, 0.15) is 12.0 Å². The number of hydrogen-bond donors (Lipinski definition) is 1. The third-order valence-electron chi connectivity index (χ3n) is 2.48. The van der Waals surface area contributed by atoms with Crippen LogP contribution in [0.15, 0.2) is 41.4 Å². The second kappa shape index (κ2) is 6.57. The number of benzene rings is 1. The first-order valence-corrected chi connectivity index (χ1v) is 6.20. The Balaban J connectivity index is 2.66. The van der Waals surface area contributed by atoms with Crippen molar-refractivity contribution in [3.63, 3.8) is 0 Å². The van der Waals surface area contributed by atoms with E-state index in [2.05, 4.69) is 22.5 Å². The second-order valence-electron chi connectivity index (χ2n) is 3.92. The summed E-state index contributed by atoms with van der Waals surface area (Å²) in [7, 11) is 1.75. The molecule has 3 nitrogen and oxygen atoms in total. The zero-order valence-corrected chi connectivity index (χ0v) is 11.5. The maximum Gasteiger partial charge on any atom is 0.239 e. The number of hydrogen-bond acceptors (Lipinski definition) is 2. The number of likely N-dealkylation sites (N-methyl/N-ethyl adjacent to an activating group) is 1. The smallest absolute Gasteiger partial charge is 0.239 e. The molecule has 1 amide bonds. The number of nitrogens with zero attached hydrogens (tertiary/aromatic N) is 1. The van der Waals surface area contributed by atoms with Crippen molar-refractivity contribution in [2.75, 3.05) is 7.05 Å². The molecule has 1 aromatic carbocycles. The molecule has 2 N–H and O–H groups in total. The van der Waals surface area contributed by atoms with E-state index in [1.54, 1.807) is 18.0 Å². The third kappa shape index (κ3) is 3.98. The fraction of sp³-hybridized carbons (Fsp3) is 0.308. The average molecular weight is 297 g/mol. The monoisotopic (exact) mass is 296 g/mol. The fourth-order valence-corrected chi connectivity index (χ4v) is 1.93. The van der Waals surface area contributed by atoms with Crippen molar-refractivity contribution in [1.29, 1.82) is 0 Å². The van der Waals surface area contributed by atoms with Crippen LogP contribution in [0.2, 0.25) is 0 Å². The molecular formula is C13H17BrN2O. The lowest BCUT2D eigenvalue weighted by Crippen LogP contribution is -2.41.